The van der Waals surface area contributed by atoms with E-state index in [1.165, 1.54) is 0 Å². The summed E-state index contributed by atoms with van der Waals surface area (Å²) >= 11 is 1.54. The van der Waals surface area contributed by atoms with Crippen molar-refractivity contribution < 1.29 is 4.74 Å². The topological polar surface area (TPSA) is 59.7 Å². The van der Waals surface area contributed by atoms with Crippen LogP contribution in [0.15, 0.2) is 41.5 Å². The van der Waals surface area contributed by atoms with Crippen molar-refractivity contribution in [3.8, 4) is 0 Å². The first-order valence-corrected chi connectivity index (χ1v) is 9.71. The second kappa shape index (κ2) is 7.65. The van der Waals surface area contributed by atoms with Gasteiger partial charge in [0.25, 0.3) is 5.56 Å². The van der Waals surface area contributed by atoms with Crippen molar-refractivity contribution in [2.24, 2.45) is 0 Å². The highest BCUT2D eigenvalue weighted by Gasteiger charge is 2.20. The number of hydrogen-bond acceptors (Lipinski definition) is 6. The summed E-state index contributed by atoms with van der Waals surface area (Å²) < 4.78 is 7.43. The molecule has 0 aromatic carbocycles. The highest BCUT2D eigenvalue weighted by Crippen LogP contribution is 2.17. The Hall–Kier alpha value is -2.09. The molecule has 136 valence electrons. The van der Waals surface area contributed by atoms with Gasteiger partial charge in [0.05, 0.1) is 17.5 Å². The van der Waals surface area contributed by atoms with E-state index in [1.54, 1.807) is 21.8 Å². The van der Waals surface area contributed by atoms with Crippen LogP contribution in [-0.2, 0) is 17.8 Å². The van der Waals surface area contributed by atoms with Gasteiger partial charge in [-0.1, -0.05) is 6.07 Å². The molecule has 1 saturated heterocycles. The van der Waals surface area contributed by atoms with Gasteiger partial charge in [-0.2, -0.15) is 0 Å². The summed E-state index contributed by atoms with van der Waals surface area (Å²) in [5, 5.41) is 0. The smallest absolute Gasteiger partial charge is 0.258 e. The largest absolute Gasteiger partial charge is 0.377 e. The molecule has 6 nitrogen and oxygen atoms in total. The molecule has 4 heterocycles. The molecule has 3 aromatic heterocycles. The van der Waals surface area contributed by atoms with Gasteiger partial charge in [0.1, 0.15) is 0 Å². The monoisotopic (exact) mass is 370 g/mol. The molecule has 0 unspecified atom stereocenters. The fraction of sp³-hybridized carbons (Fsp3) is 0.421. The molecule has 0 amide bonds. The predicted molar refractivity (Wildman–Crippen MR) is 101 cm³/mol. The summed E-state index contributed by atoms with van der Waals surface area (Å²) in [5.41, 5.74) is 1.78. The standard InChI is InChI=1S/C19H22N4O2S/c1-14-10-23-18(24)9-16(21-19(23)26-14)12-22(13-17-6-4-8-25-17)11-15-5-2-3-7-20-15/h2-3,5,7,9-10,17H,4,6,8,11-13H2,1H3/t17-/m0/s1. The number of rotatable bonds is 6. The molecule has 1 aliphatic rings. The highest BCUT2D eigenvalue weighted by atomic mass is 32.1. The lowest BCUT2D eigenvalue weighted by Gasteiger charge is -2.24. The van der Waals surface area contributed by atoms with Crippen LogP contribution in [0.2, 0.25) is 0 Å². The first-order chi connectivity index (χ1) is 12.7. The van der Waals surface area contributed by atoms with E-state index >= 15 is 0 Å². The maximum Gasteiger partial charge on any atom is 0.258 e. The number of aromatic nitrogens is 3. The van der Waals surface area contributed by atoms with Crippen LogP contribution in [0.5, 0.6) is 0 Å². The van der Waals surface area contributed by atoms with Gasteiger partial charge in [-0.25, -0.2) is 4.98 Å². The quantitative estimate of drug-likeness (QED) is 0.668. The van der Waals surface area contributed by atoms with E-state index in [1.807, 2.05) is 37.5 Å². The average Bonchev–Trinajstić information content (AvgIpc) is 3.25. The molecule has 1 aliphatic heterocycles. The van der Waals surface area contributed by atoms with Crippen molar-refractivity contribution in [1.29, 1.82) is 0 Å². The second-order valence-electron chi connectivity index (χ2n) is 6.71. The SMILES string of the molecule is Cc1cn2c(=O)cc(CN(Cc3ccccn3)C[C@@H]3CCCO3)nc2s1. The Morgan fingerprint density at radius 2 is 2.23 bits per heavy atom. The minimum Gasteiger partial charge on any atom is -0.377 e. The van der Waals surface area contributed by atoms with Crippen molar-refractivity contribution in [2.75, 3.05) is 13.2 Å². The molecule has 1 fully saturated rings. The lowest BCUT2D eigenvalue weighted by molar-refractivity contribution is 0.0670. The Morgan fingerprint density at radius 1 is 1.35 bits per heavy atom. The van der Waals surface area contributed by atoms with Crippen molar-refractivity contribution in [1.82, 2.24) is 19.3 Å². The van der Waals surface area contributed by atoms with Crippen LogP contribution in [0.4, 0.5) is 0 Å². The van der Waals surface area contributed by atoms with Crippen LogP contribution in [0.3, 0.4) is 0 Å². The predicted octanol–water partition coefficient (Wildman–Crippen LogP) is 2.64. The molecular formula is C19H22N4O2S. The molecule has 7 heteroatoms. The van der Waals surface area contributed by atoms with Crippen LogP contribution >= 0.6 is 11.3 Å². The molecule has 0 N–H and O–H groups in total. The van der Waals surface area contributed by atoms with E-state index in [-0.39, 0.29) is 11.7 Å². The summed E-state index contributed by atoms with van der Waals surface area (Å²) in [6, 6.07) is 7.58. The van der Waals surface area contributed by atoms with Gasteiger partial charge in [-0.3, -0.25) is 19.1 Å². The third kappa shape index (κ3) is 4.00. The molecule has 4 rings (SSSR count). The third-order valence-electron chi connectivity index (χ3n) is 4.52. The van der Waals surface area contributed by atoms with Gasteiger partial charge >= 0.3 is 0 Å². The van der Waals surface area contributed by atoms with Gasteiger partial charge in [-0.15, -0.1) is 11.3 Å². The van der Waals surface area contributed by atoms with E-state index in [2.05, 4.69) is 9.88 Å². The van der Waals surface area contributed by atoms with E-state index in [0.29, 0.717) is 13.1 Å². The molecule has 0 radical (unpaired) electrons. The second-order valence-corrected chi connectivity index (χ2v) is 7.92. The van der Waals surface area contributed by atoms with Crippen molar-refractivity contribution >= 4 is 16.3 Å². The van der Waals surface area contributed by atoms with Crippen LogP contribution in [0, 0.1) is 6.92 Å². The molecule has 1 atom stereocenters. The van der Waals surface area contributed by atoms with E-state index in [4.69, 9.17) is 9.72 Å². The summed E-state index contributed by atoms with van der Waals surface area (Å²) in [7, 11) is 0. The number of hydrogen-bond donors (Lipinski definition) is 0. The Balaban J connectivity index is 1.57. The van der Waals surface area contributed by atoms with Gasteiger partial charge in [0.15, 0.2) is 4.96 Å². The Kier molecular flexibility index (Phi) is 5.10. The zero-order valence-corrected chi connectivity index (χ0v) is 15.6. The lowest BCUT2D eigenvalue weighted by Crippen LogP contribution is -2.32. The maximum atomic E-state index is 12.4. The molecule has 26 heavy (non-hydrogen) atoms. The molecule has 0 aliphatic carbocycles. The lowest BCUT2D eigenvalue weighted by atomic mass is 10.2. The van der Waals surface area contributed by atoms with Gasteiger partial charge in [0.2, 0.25) is 0 Å². The molecular weight excluding hydrogens is 348 g/mol. The summed E-state index contributed by atoms with van der Waals surface area (Å²) in [4.78, 5) is 25.6. The molecule has 0 spiro atoms. The van der Waals surface area contributed by atoms with Crippen LogP contribution in [0.25, 0.3) is 4.96 Å². The Bertz CT molecular complexity index is 932. The summed E-state index contributed by atoms with van der Waals surface area (Å²) in [5.74, 6) is 0. The van der Waals surface area contributed by atoms with Gasteiger partial charge in [-0.05, 0) is 31.9 Å². The van der Waals surface area contributed by atoms with Crippen molar-refractivity contribution in [3.63, 3.8) is 0 Å². The van der Waals surface area contributed by atoms with E-state index < -0.39 is 0 Å². The number of nitrogens with zero attached hydrogens (tertiary/aromatic N) is 4. The number of pyridine rings is 1. The molecule has 0 saturated carbocycles. The van der Waals surface area contributed by atoms with E-state index in [9.17, 15) is 4.79 Å². The van der Waals surface area contributed by atoms with Gasteiger partial charge < -0.3 is 4.74 Å². The molecule has 0 bridgehead atoms. The minimum absolute atomic E-state index is 0.0238. The van der Waals surface area contributed by atoms with E-state index in [0.717, 1.165) is 47.2 Å². The van der Waals surface area contributed by atoms with Crippen LogP contribution < -0.4 is 5.56 Å². The number of fused-ring (bicyclic) bond motifs is 1. The minimum atomic E-state index is -0.0238. The fourth-order valence-corrected chi connectivity index (χ4v) is 4.20. The first kappa shape index (κ1) is 17.3. The van der Waals surface area contributed by atoms with Gasteiger partial charge in [0, 0.05) is 49.6 Å². The van der Waals surface area contributed by atoms with Crippen LogP contribution in [-0.4, -0.2) is 38.5 Å². The Labute approximate surface area is 156 Å². The normalized spacial score (nSPS) is 17.4. The average molecular weight is 370 g/mol. The first-order valence-electron chi connectivity index (χ1n) is 8.90. The maximum absolute atomic E-state index is 12.4. The fourth-order valence-electron chi connectivity index (χ4n) is 3.35. The zero-order valence-electron chi connectivity index (χ0n) is 14.8. The number of thiazole rings is 1. The zero-order chi connectivity index (χ0) is 17.9. The summed E-state index contributed by atoms with van der Waals surface area (Å²) in [6.07, 6.45) is 6.09. The summed E-state index contributed by atoms with van der Waals surface area (Å²) in [6.45, 7) is 4.97. The third-order valence-corrected chi connectivity index (χ3v) is 5.42. The van der Waals surface area contributed by atoms with Crippen molar-refractivity contribution in [2.45, 2.75) is 39.0 Å². The van der Waals surface area contributed by atoms with Crippen LogP contribution in [0.1, 0.15) is 29.1 Å². The van der Waals surface area contributed by atoms with Crippen molar-refractivity contribution in [3.05, 3.63) is 63.3 Å². The number of aryl methyl sites for hydroxylation is 1. The molecule has 3 aromatic rings. The number of ether oxygens (including phenoxy) is 1. The Morgan fingerprint density at radius 3 is 3.00 bits per heavy atom. The highest BCUT2D eigenvalue weighted by molar-refractivity contribution is 7.16.